The summed E-state index contributed by atoms with van der Waals surface area (Å²) in [6.07, 6.45) is 7.24. The van der Waals surface area contributed by atoms with Crippen LogP contribution in [-0.2, 0) is 4.79 Å². The molecule has 2 rings (SSSR count). The Morgan fingerprint density at radius 2 is 2.17 bits per heavy atom. The summed E-state index contributed by atoms with van der Waals surface area (Å²) in [5, 5.41) is 0. The predicted octanol–water partition coefficient (Wildman–Crippen LogP) is 2.91. The van der Waals surface area contributed by atoms with E-state index in [9.17, 15) is 4.79 Å². The number of fused-ring (bicyclic) bond motifs is 1. The molecule has 0 radical (unpaired) electrons. The molecule has 1 nitrogen and oxygen atoms in total. The number of hydrogen-bond donors (Lipinski definition) is 0. The van der Waals surface area contributed by atoms with Crippen molar-refractivity contribution in [2.24, 2.45) is 5.92 Å². The molecule has 2 heteroatoms. The maximum absolute atomic E-state index is 11.2. The van der Waals surface area contributed by atoms with Gasteiger partial charge in [0.25, 0.3) is 0 Å². The quantitative estimate of drug-likeness (QED) is 0.532. The van der Waals surface area contributed by atoms with Gasteiger partial charge in [-0.25, -0.2) is 0 Å². The lowest BCUT2D eigenvalue weighted by atomic mass is 9.70. The minimum Gasteiger partial charge on any atom is -0.300 e. The highest BCUT2D eigenvalue weighted by atomic mass is 35.5. The van der Waals surface area contributed by atoms with Gasteiger partial charge in [0.2, 0.25) is 0 Å². The van der Waals surface area contributed by atoms with Gasteiger partial charge in [-0.15, -0.1) is 11.6 Å². The Bertz CT molecular complexity index is 202. The Morgan fingerprint density at radius 1 is 1.33 bits per heavy atom. The minimum absolute atomic E-state index is 0.00611. The Kier molecular flexibility index (Phi) is 2.16. The molecule has 0 N–H and O–H groups in total. The van der Waals surface area contributed by atoms with E-state index < -0.39 is 0 Å². The maximum atomic E-state index is 11.2. The molecule has 2 fully saturated rings. The monoisotopic (exact) mass is 186 g/mol. The molecule has 0 heterocycles. The molecule has 0 saturated heterocycles. The third-order valence-electron chi connectivity index (χ3n) is 3.42. The third kappa shape index (κ3) is 1.39. The van der Waals surface area contributed by atoms with Gasteiger partial charge in [0.1, 0.15) is 5.78 Å². The van der Waals surface area contributed by atoms with Gasteiger partial charge in [0, 0.05) is 17.7 Å². The van der Waals surface area contributed by atoms with Crippen LogP contribution in [0.25, 0.3) is 0 Å². The summed E-state index contributed by atoms with van der Waals surface area (Å²) in [5.74, 6) is 0.923. The topological polar surface area (TPSA) is 17.1 Å². The van der Waals surface area contributed by atoms with Gasteiger partial charge in [0.15, 0.2) is 0 Å². The zero-order valence-corrected chi connectivity index (χ0v) is 8.07. The van der Waals surface area contributed by atoms with Crippen LogP contribution in [0.15, 0.2) is 0 Å². The van der Waals surface area contributed by atoms with E-state index in [4.69, 9.17) is 11.6 Å². The van der Waals surface area contributed by atoms with Crippen LogP contribution in [0.3, 0.4) is 0 Å². The molecule has 0 aliphatic heterocycles. The van der Waals surface area contributed by atoms with Crippen LogP contribution in [0.5, 0.6) is 0 Å². The van der Waals surface area contributed by atoms with E-state index in [1.165, 1.54) is 19.3 Å². The van der Waals surface area contributed by atoms with Crippen LogP contribution >= 0.6 is 11.6 Å². The van der Waals surface area contributed by atoms with Gasteiger partial charge < -0.3 is 0 Å². The summed E-state index contributed by atoms with van der Waals surface area (Å²) in [5.41, 5.74) is 0. The van der Waals surface area contributed by atoms with Gasteiger partial charge in [-0.1, -0.05) is 12.8 Å². The largest absolute Gasteiger partial charge is 0.300 e. The van der Waals surface area contributed by atoms with E-state index in [0.717, 1.165) is 25.7 Å². The Balaban J connectivity index is 2.11. The molecular formula is C10H15ClO. The zero-order valence-electron chi connectivity index (χ0n) is 7.31. The molecule has 2 aliphatic carbocycles. The molecule has 0 bridgehead atoms. The van der Waals surface area contributed by atoms with Gasteiger partial charge in [-0.3, -0.25) is 4.79 Å². The van der Waals surface area contributed by atoms with E-state index >= 15 is 0 Å². The summed E-state index contributed by atoms with van der Waals surface area (Å²) in [6, 6.07) is 0. The second-order valence-electron chi connectivity index (χ2n) is 4.22. The first-order chi connectivity index (χ1) is 5.71. The molecule has 2 aliphatic rings. The van der Waals surface area contributed by atoms with Gasteiger partial charge >= 0.3 is 0 Å². The molecule has 2 saturated carbocycles. The molecule has 0 aromatic rings. The van der Waals surface area contributed by atoms with Crippen molar-refractivity contribution >= 4 is 17.4 Å². The number of rotatable bonds is 0. The normalized spacial score (nSPS) is 42.4. The molecule has 2 atom stereocenters. The lowest BCUT2D eigenvalue weighted by Gasteiger charge is -2.42. The molecule has 0 aromatic heterocycles. The summed E-state index contributed by atoms with van der Waals surface area (Å²) in [7, 11) is 0. The molecule has 0 amide bonds. The van der Waals surface area contributed by atoms with E-state index in [1.807, 2.05) is 0 Å². The standard InChI is InChI=1S/C10H15ClO/c11-10-5-2-1-3-8(10)7-9(12)4-6-10/h8H,1-7H2/t8-,10-/m0/s1. The molecule has 0 unspecified atom stereocenters. The fraction of sp³-hybridized carbons (Fsp3) is 0.900. The predicted molar refractivity (Wildman–Crippen MR) is 49.4 cm³/mol. The first kappa shape index (κ1) is 8.55. The summed E-state index contributed by atoms with van der Waals surface area (Å²) in [4.78, 5) is 11.2. The number of halogens is 1. The average Bonchev–Trinajstić information content (AvgIpc) is 2.06. The van der Waals surface area contributed by atoms with E-state index in [2.05, 4.69) is 0 Å². The van der Waals surface area contributed by atoms with E-state index in [-0.39, 0.29) is 4.87 Å². The van der Waals surface area contributed by atoms with Crippen LogP contribution in [0.4, 0.5) is 0 Å². The van der Waals surface area contributed by atoms with E-state index in [0.29, 0.717) is 11.7 Å². The van der Waals surface area contributed by atoms with Crippen molar-refractivity contribution in [3.8, 4) is 0 Å². The Hall–Kier alpha value is -0.0400. The zero-order chi connectivity index (χ0) is 8.60. The van der Waals surface area contributed by atoms with Crippen molar-refractivity contribution in [1.29, 1.82) is 0 Å². The van der Waals surface area contributed by atoms with E-state index in [1.54, 1.807) is 0 Å². The second-order valence-corrected chi connectivity index (χ2v) is 4.97. The van der Waals surface area contributed by atoms with Crippen LogP contribution in [0.1, 0.15) is 44.9 Å². The summed E-state index contributed by atoms with van der Waals surface area (Å²) in [6.45, 7) is 0. The number of hydrogen-bond acceptors (Lipinski definition) is 1. The molecule has 0 spiro atoms. The van der Waals surface area contributed by atoms with Gasteiger partial charge in [-0.05, 0) is 25.2 Å². The van der Waals surface area contributed by atoms with Crippen molar-refractivity contribution in [2.75, 3.05) is 0 Å². The number of alkyl halides is 1. The van der Waals surface area contributed by atoms with Crippen molar-refractivity contribution in [3.05, 3.63) is 0 Å². The van der Waals surface area contributed by atoms with Crippen LogP contribution < -0.4 is 0 Å². The highest BCUT2D eigenvalue weighted by Crippen LogP contribution is 2.47. The van der Waals surface area contributed by atoms with Crippen LogP contribution in [0.2, 0.25) is 0 Å². The fourth-order valence-corrected chi connectivity index (χ4v) is 3.03. The van der Waals surface area contributed by atoms with Crippen molar-refractivity contribution in [2.45, 2.75) is 49.8 Å². The maximum Gasteiger partial charge on any atom is 0.133 e. The lowest BCUT2D eigenvalue weighted by molar-refractivity contribution is -0.122. The highest BCUT2D eigenvalue weighted by molar-refractivity contribution is 6.24. The average molecular weight is 187 g/mol. The Morgan fingerprint density at radius 3 is 3.00 bits per heavy atom. The van der Waals surface area contributed by atoms with Crippen molar-refractivity contribution in [3.63, 3.8) is 0 Å². The Labute approximate surface area is 78.5 Å². The number of Topliss-reactive ketones (excluding diaryl/α,β-unsaturated/α-hetero) is 1. The van der Waals surface area contributed by atoms with Crippen molar-refractivity contribution < 1.29 is 4.79 Å². The minimum atomic E-state index is 0.00611. The summed E-state index contributed by atoms with van der Waals surface area (Å²) < 4.78 is 0. The lowest BCUT2D eigenvalue weighted by Crippen LogP contribution is -2.40. The summed E-state index contributed by atoms with van der Waals surface area (Å²) >= 11 is 6.49. The molecular weight excluding hydrogens is 172 g/mol. The van der Waals surface area contributed by atoms with Crippen LogP contribution in [-0.4, -0.2) is 10.7 Å². The number of ketones is 1. The van der Waals surface area contributed by atoms with Gasteiger partial charge in [-0.2, -0.15) is 0 Å². The fourth-order valence-electron chi connectivity index (χ4n) is 2.61. The van der Waals surface area contributed by atoms with Crippen LogP contribution in [0, 0.1) is 5.92 Å². The number of carbonyl (C=O) groups excluding carboxylic acids is 1. The first-order valence-corrected chi connectivity index (χ1v) is 5.29. The van der Waals surface area contributed by atoms with Crippen molar-refractivity contribution in [1.82, 2.24) is 0 Å². The molecule has 68 valence electrons. The third-order valence-corrected chi connectivity index (χ3v) is 4.11. The SMILES string of the molecule is O=C1CC[C@@]2(Cl)CCCC[C@H]2C1. The molecule has 12 heavy (non-hydrogen) atoms. The van der Waals surface area contributed by atoms with Gasteiger partial charge in [0.05, 0.1) is 0 Å². The highest BCUT2D eigenvalue weighted by Gasteiger charge is 2.42. The smallest absolute Gasteiger partial charge is 0.133 e. The number of carbonyl (C=O) groups is 1. The molecule has 0 aromatic carbocycles. The first-order valence-electron chi connectivity index (χ1n) is 4.91. The second kappa shape index (κ2) is 3.02.